The van der Waals surface area contributed by atoms with E-state index in [9.17, 15) is 9.90 Å². The van der Waals surface area contributed by atoms with Crippen LogP contribution in [0.5, 0.6) is 0 Å². The number of nitrogens with one attached hydrogen (secondary N) is 1. The van der Waals surface area contributed by atoms with Crippen LogP contribution in [0, 0.1) is 34.5 Å². The molecule has 1 aliphatic heterocycles. The number of rotatable bonds is 1. The largest absolute Gasteiger partial charge is 0.393 e. The van der Waals surface area contributed by atoms with Crippen LogP contribution in [0.15, 0.2) is 11.8 Å². The molecule has 128 valence electrons. The Bertz CT molecular complexity index is 556. The molecule has 3 fully saturated rings. The van der Waals surface area contributed by atoms with Gasteiger partial charge in [-0.3, -0.25) is 4.79 Å². The third kappa shape index (κ3) is 2.01. The van der Waals surface area contributed by atoms with Crippen molar-refractivity contribution in [2.24, 2.45) is 34.5 Å². The Hall–Kier alpha value is -0.830. The lowest BCUT2D eigenvalue weighted by atomic mass is 9.49. The molecule has 0 spiro atoms. The van der Waals surface area contributed by atoms with Gasteiger partial charge < -0.3 is 10.4 Å². The number of aliphatic hydroxyl groups is 1. The van der Waals surface area contributed by atoms with Gasteiger partial charge in [-0.25, -0.2) is 0 Å². The minimum atomic E-state index is -0.123. The van der Waals surface area contributed by atoms with Gasteiger partial charge in [0.25, 0.3) is 0 Å². The molecule has 0 aromatic heterocycles. The predicted octanol–water partition coefficient (Wildman–Crippen LogP) is 3.63. The first-order valence-electron chi connectivity index (χ1n) is 9.58. The van der Waals surface area contributed by atoms with Crippen LogP contribution in [0.4, 0.5) is 0 Å². The summed E-state index contributed by atoms with van der Waals surface area (Å²) in [4.78, 5) is 11.8. The number of fused-ring (bicyclic) bond motifs is 5. The Morgan fingerprint density at radius 2 is 2.13 bits per heavy atom. The highest BCUT2D eigenvalue weighted by Gasteiger charge is 2.61. The molecule has 0 radical (unpaired) electrons. The maximum Gasteiger partial charge on any atom is 0.224 e. The van der Waals surface area contributed by atoms with Gasteiger partial charge in [0.1, 0.15) is 0 Å². The van der Waals surface area contributed by atoms with Crippen molar-refractivity contribution in [3.8, 4) is 0 Å². The van der Waals surface area contributed by atoms with Crippen LogP contribution in [0.2, 0.25) is 0 Å². The normalized spacial score (nSPS) is 52.1. The highest BCUT2D eigenvalue weighted by Crippen LogP contribution is 2.65. The van der Waals surface area contributed by atoms with Crippen LogP contribution in [-0.2, 0) is 4.79 Å². The lowest BCUT2D eigenvalue weighted by molar-refractivity contribution is -0.125. The van der Waals surface area contributed by atoms with E-state index in [2.05, 4.69) is 32.2 Å². The summed E-state index contributed by atoms with van der Waals surface area (Å²) in [6.45, 7) is 7.02. The van der Waals surface area contributed by atoms with E-state index in [1.54, 1.807) is 0 Å². The van der Waals surface area contributed by atoms with Crippen molar-refractivity contribution in [3.05, 3.63) is 11.8 Å². The summed E-state index contributed by atoms with van der Waals surface area (Å²) in [5.41, 5.74) is 1.45. The summed E-state index contributed by atoms with van der Waals surface area (Å²) < 4.78 is 0. The summed E-state index contributed by atoms with van der Waals surface area (Å²) in [7, 11) is 0. The molecule has 23 heavy (non-hydrogen) atoms. The number of carbonyl (C=O) groups is 1. The third-order valence-electron chi connectivity index (χ3n) is 8.23. The number of hydrogen-bond acceptors (Lipinski definition) is 2. The van der Waals surface area contributed by atoms with Crippen LogP contribution in [0.1, 0.15) is 65.7 Å². The highest BCUT2D eigenvalue weighted by molar-refractivity contribution is 5.79. The zero-order valence-electron chi connectivity index (χ0n) is 14.8. The van der Waals surface area contributed by atoms with Crippen LogP contribution in [0.3, 0.4) is 0 Å². The lowest BCUT2D eigenvalue weighted by Crippen LogP contribution is -2.54. The maximum atomic E-state index is 11.8. The molecule has 1 amide bonds. The molecule has 3 nitrogen and oxygen atoms in total. The van der Waals surface area contributed by atoms with Crippen LogP contribution in [-0.4, -0.2) is 17.1 Å². The number of piperidine rings is 1. The minimum Gasteiger partial charge on any atom is -0.393 e. The highest BCUT2D eigenvalue weighted by atomic mass is 16.3. The maximum absolute atomic E-state index is 11.8. The second-order valence-electron chi connectivity index (χ2n) is 9.08. The van der Waals surface area contributed by atoms with Gasteiger partial charge in [-0.1, -0.05) is 33.3 Å². The summed E-state index contributed by atoms with van der Waals surface area (Å²) >= 11 is 0. The van der Waals surface area contributed by atoms with Crippen LogP contribution < -0.4 is 5.32 Å². The van der Waals surface area contributed by atoms with E-state index < -0.39 is 0 Å². The Morgan fingerprint density at radius 1 is 1.35 bits per heavy atom. The van der Waals surface area contributed by atoms with Gasteiger partial charge in [0.2, 0.25) is 5.91 Å². The zero-order valence-corrected chi connectivity index (χ0v) is 14.8. The summed E-state index contributed by atoms with van der Waals surface area (Å²) in [5.74, 6) is 2.85. The number of aliphatic hydroxyl groups excluding tert-OH is 1. The molecule has 1 heterocycles. The molecule has 3 aliphatic carbocycles. The fourth-order valence-electron chi connectivity index (χ4n) is 6.88. The van der Waals surface area contributed by atoms with Gasteiger partial charge in [-0.15, -0.1) is 0 Å². The van der Waals surface area contributed by atoms with Crippen LogP contribution >= 0.6 is 0 Å². The Kier molecular flexibility index (Phi) is 3.46. The van der Waals surface area contributed by atoms with Crippen molar-refractivity contribution in [2.45, 2.75) is 71.8 Å². The molecule has 0 bridgehead atoms. The van der Waals surface area contributed by atoms with Crippen molar-refractivity contribution >= 4 is 5.91 Å². The molecule has 4 aliphatic rings. The monoisotopic (exact) mass is 317 g/mol. The van der Waals surface area contributed by atoms with Gasteiger partial charge in [0, 0.05) is 17.5 Å². The SMILES string of the molecule is CCC1CC(O)[C@@]2(C)CC[C@@H]3[C@@H](CC=C4NC(=O)CC[C@@]43C)[C@H]12. The Morgan fingerprint density at radius 3 is 2.87 bits per heavy atom. The Balaban J connectivity index is 1.72. The topological polar surface area (TPSA) is 49.3 Å². The quantitative estimate of drug-likeness (QED) is 0.776. The number of allylic oxidation sites excluding steroid dienone is 2. The van der Waals surface area contributed by atoms with E-state index in [0.29, 0.717) is 30.1 Å². The van der Waals surface area contributed by atoms with Gasteiger partial charge in [0.15, 0.2) is 0 Å². The van der Waals surface area contributed by atoms with Crippen LogP contribution in [0.25, 0.3) is 0 Å². The van der Waals surface area contributed by atoms with E-state index in [4.69, 9.17) is 0 Å². The average molecular weight is 317 g/mol. The molecule has 4 rings (SSSR count). The van der Waals surface area contributed by atoms with Gasteiger partial charge >= 0.3 is 0 Å². The average Bonchev–Trinajstić information content (AvgIpc) is 2.79. The van der Waals surface area contributed by atoms with E-state index in [1.807, 2.05) is 0 Å². The fourth-order valence-corrected chi connectivity index (χ4v) is 6.88. The van der Waals surface area contributed by atoms with Gasteiger partial charge in [0.05, 0.1) is 6.10 Å². The second-order valence-corrected chi connectivity index (χ2v) is 9.08. The number of carbonyl (C=O) groups excluding carboxylic acids is 1. The molecule has 1 saturated heterocycles. The van der Waals surface area contributed by atoms with Crippen molar-refractivity contribution in [1.29, 1.82) is 0 Å². The van der Waals surface area contributed by atoms with Gasteiger partial charge in [-0.2, -0.15) is 0 Å². The standard InChI is InChI=1S/C20H31NO2/c1-4-12-11-16(22)20(3)9-7-14-13(18(12)20)5-6-15-19(14,2)10-8-17(23)21-15/h6,12-14,16,18,22H,4-5,7-11H2,1-3H3,(H,21,23)/t12?,13-,14-,16?,18+,19-,20-/m1/s1. The molecule has 2 N–H and O–H groups in total. The fraction of sp³-hybridized carbons (Fsp3) is 0.850. The van der Waals surface area contributed by atoms with Crippen molar-refractivity contribution in [1.82, 2.24) is 5.32 Å². The van der Waals surface area contributed by atoms with Crippen molar-refractivity contribution in [3.63, 3.8) is 0 Å². The number of amides is 1. The van der Waals surface area contributed by atoms with E-state index in [-0.39, 0.29) is 22.8 Å². The predicted molar refractivity (Wildman–Crippen MR) is 90.4 cm³/mol. The molecular formula is C20H31NO2. The number of hydrogen-bond donors (Lipinski definition) is 2. The minimum absolute atomic E-state index is 0.113. The zero-order chi connectivity index (χ0) is 16.4. The van der Waals surface area contributed by atoms with E-state index in [0.717, 1.165) is 25.7 Å². The lowest BCUT2D eigenvalue weighted by Gasteiger charge is -2.57. The molecule has 0 aromatic rings. The first-order valence-corrected chi connectivity index (χ1v) is 9.58. The second kappa shape index (κ2) is 5.08. The summed E-state index contributed by atoms with van der Waals surface area (Å²) in [5, 5.41) is 13.9. The van der Waals surface area contributed by atoms with Crippen molar-refractivity contribution < 1.29 is 9.90 Å². The third-order valence-corrected chi connectivity index (χ3v) is 8.23. The van der Waals surface area contributed by atoms with Gasteiger partial charge in [-0.05, 0) is 61.2 Å². The first kappa shape index (κ1) is 15.7. The molecule has 0 aromatic carbocycles. The molecule has 7 atom stereocenters. The van der Waals surface area contributed by atoms with E-state index in [1.165, 1.54) is 18.5 Å². The summed E-state index contributed by atoms with van der Waals surface area (Å²) in [6.07, 6.45) is 9.47. The molecule has 2 unspecified atom stereocenters. The smallest absolute Gasteiger partial charge is 0.224 e. The molecule has 2 saturated carbocycles. The van der Waals surface area contributed by atoms with Crippen molar-refractivity contribution in [2.75, 3.05) is 0 Å². The summed E-state index contributed by atoms with van der Waals surface area (Å²) in [6, 6.07) is 0. The molecule has 3 heteroatoms. The molecular weight excluding hydrogens is 286 g/mol. The first-order chi connectivity index (χ1) is 10.9. The van der Waals surface area contributed by atoms with E-state index >= 15 is 0 Å². The Labute approximate surface area is 139 Å².